The number of hydrogen-bond acceptors (Lipinski definition) is 2. The Hall–Kier alpha value is -1.45. The predicted molar refractivity (Wildman–Crippen MR) is 53.8 cm³/mol. The quantitative estimate of drug-likeness (QED) is 0.738. The predicted octanol–water partition coefficient (Wildman–Crippen LogP) is 2.63. The third-order valence-electron chi connectivity index (χ3n) is 2.69. The first-order valence-electron chi connectivity index (χ1n) is 5.17. The summed E-state index contributed by atoms with van der Waals surface area (Å²) in [5.41, 5.74) is 0.866. The fourth-order valence-electron chi connectivity index (χ4n) is 1.60. The Labute approximate surface area is 92.2 Å². The lowest BCUT2D eigenvalue weighted by Gasteiger charge is -2.04. The topological polar surface area (TPSA) is 26.3 Å². The van der Waals surface area contributed by atoms with Crippen LogP contribution in [-0.2, 0) is 16.1 Å². The molecule has 4 heteroatoms. The van der Waals surface area contributed by atoms with E-state index in [-0.39, 0.29) is 13.0 Å². The van der Waals surface area contributed by atoms with Crippen molar-refractivity contribution in [3.63, 3.8) is 0 Å². The van der Waals surface area contributed by atoms with Crippen molar-refractivity contribution in [3.8, 4) is 0 Å². The molecule has 0 aliphatic heterocycles. The van der Waals surface area contributed by atoms with Crippen LogP contribution in [0.25, 0.3) is 0 Å². The summed E-state index contributed by atoms with van der Waals surface area (Å²) in [6.45, 7) is 0.159. The molecule has 0 amide bonds. The summed E-state index contributed by atoms with van der Waals surface area (Å²) in [7, 11) is 0. The number of hydrogen-bond donors (Lipinski definition) is 0. The average molecular weight is 226 g/mol. The van der Waals surface area contributed by atoms with Gasteiger partial charge in [0.25, 0.3) is 0 Å². The van der Waals surface area contributed by atoms with Gasteiger partial charge in [-0.25, -0.2) is 8.78 Å². The summed E-state index contributed by atoms with van der Waals surface area (Å²) in [6.07, 6.45) is -2.15. The standard InChI is InChI=1S/C12H12F2O2/c13-11(14)9-6-10(9)12(15)16-7-8-4-2-1-3-5-8/h1-5,9-11H,6-7H2. The average Bonchev–Trinajstić information content (AvgIpc) is 3.07. The van der Waals surface area contributed by atoms with E-state index in [1.54, 1.807) is 0 Å². The van der Waals surface area contributed by atoms with Crippen LogP contribution in [-0.4, -0.2) is 12.4 Å². The summed E-state index contributed by atoms with van der Waals surface area (Å²) >= 11 is 0. The van der Waals surface area contributed by atoms with E-state index in [0.717, 1.165) is 5.56 Å². The molecule has 1 aromatic carbocycles. The van der Waals surface area contributed by atoms with Crippen LogP contribution in [0.1, 0.15) is 12.0 Å². The highest BCUT2D eigenvalue weighted by Crippen LogP contribution is 2.43. The van der Waals surface area contributed by atoms with E-state index in [0.29, 0.717) is 0 Å². The zero-order chi connectivity index (χ0) is 11.5. The first kappa shape index (κ1) is 11.0. The van der Waals surface area contributed by atoms with Crippen LogP contribution in [0.4, 0.5) is 8.78 Å². The number of ether oxygens (including phenoxy) is 1. The zero-order valence-corrected chi connectivity index (χ0v) is 8.61. The molecule has 2 nitrogen and oxygen atoms in total. The molecule has 2 atom stereocenters. The molecule has 2 rings (SSSR count). The summed E-state index contributed by atoms with van der Waals surface area (Å²) in [5.74, 6) is -1.89. The van der Waals surface area contributed by atoms with Crippen molar-refractivity contribution in [2.75, 3.05) is 0 Å². The molecular formula is C12H12F2O2. The second-order valence-corrected chi connectivity index (χ2v) is 3.93. The number of rotatable bonds is 4. The first-order valence-corrected chi connectivity index (χ1v) is 5.17. The molecule has 1 aromatic rings. The van der Waals surface area contributed by atoms with Crippen LogP contribution in [0.5, 0.6) is 0 Å². The van der Waals surface area contributed by atoms with E-state index in [9.17, 15) is 13.6 Å². The minimum Gasteiger partial charge on any atom is -0.461 e. The number of benzene rings is 1. The SMILES string of the molecule is O=C(OCc1ccccc1)C1CC1C(F)F. The molecule has 1 saturated carbocycles. The van der Waals surface area contributed by atoms with Gasteiger partial charge >= 0.3 is 5.97 Å². The van der Waals surface area contributed by atoms with Crippen molar-refractivity contribution < 1.29 is 18.3 Å². The van der Waals surface area contributed by atoms with Gasteiger partial charge in [-0.3, -0.25) is 4.79 Å². The van der Waals surface area contributed by atoms with E-state index < -0.39 is 24.2 Å². The minimum absolute atomic E-state index is 0.159. The molecule has 1 aliphatic carbocycles. The van der Waals surface area contributed by atoms with Gasteiger partial charge in [0.1, 0.15) is 6.61 Å². The maximum atomic E-state index is 12.2. The first-order chi connectivity index (χ1) is 7.68. The van der Waals surface area contributed by atoms with Crippen LogP contribution in [0.2, 0.25) is 0 Å². The molecule has 0 bridgehead atoms. The largest absolute Gasteiger partial charge is 0.461 e. The second-order valence-electron chi connectivity index (χ2n) is 3.93. The molecule has 86 valence electrons. The molecule has 1 fully saturated rings. The number of esters is 1. The molecule has 0 heterocycles. The fourth-order valence-corrected chi connectivity index (χ4v) is 1.60. The van der Waals surface area contributed by atoms with Crippen molar-refractivity contribution in [1.82, 2.24) is 0 Å². The van der Waals surface area contributed by atoms with E-state index in [1.807, 2.05) is 30.3 Å². The van der Waals surface area contributed by atoms with Crippen LogP contribution >= 0.6 is 0 Å². The number of carbonyl (C=O) groups excluding carboxylic acids is 1. The number of halogens is 2. The molecule has 0 N–H and O–H groups in total. The number of carbonyl (C=O) groups is 1. The minimum atomic E-state index is -2.41. The van der Waals surface area contributed by atoms with Crippen molar-refractivity contribution in [2.45, 2.75) is 19.5 Å². The van der Waals surface area contributed by atoms with E-state index in [1.165, 1.54) is 0 Å². The van der Waals surface area contributed by atoms with E-state index >= 15 is 0 Å². The van der Waals surface area contributed by atoms with Gasteiger partial charge in [-0.15, -0.1) is 0 Å². The Morgan fingerprint density at radius 2 is 2.06 bits per heavy atom. The number of alkyl halides is 2. The van der Waals surface area contributed by atoms with Crippen molar-refractivity contribution in [3.05, 3.63) is 35.9 Å². The molecule has 0 saturated heterocycles. The Balaban J connectivity index is 1.78. The summed E-state index contributed by atoms with van der Waals surface area (Å²) in [5, 5.41) is 0. The van der Waals surface area contributed by atoms with Crippen molar-refractivity contribution in [2.24, 2.45) is 11.8 Å². The molecule has 16 heavy (non-hydrogen) atoms. The van der Waals surface area contributed by atoms with Gasteiger partial charge in [-0.05, 0) is 12.0 Å². The molecular weight excluding hydrogens is 214 g/mol. The van der Waals surface area contributed by atoms with E-state index in [2.05, 4.69) is 0 Å². The summed E-state index contributed by atoms with van der Waals surface area (Å²) in [6, 6.07) is 9.18. The van der Waals surface area contributed by atoms with Crippen LogP contribution in [0.3, 0.4) is 0 Å². The Morgan fingerprint density at radius 1 is 1.38 bits per heavy atom. The van der Waals surface area contributed by atoms with Crippen LogP contribution < -0.4 is 0 Å². The van der Waals surface area contributed by atoms with Crippen LogP contribution in [0.15, 0.2) is 30.3 Å². The molecule has 0 radical (unpaired) electrons. The van der Waals surface area contributed by atoms with Gasteiger partial charge in [-0.2, -0.15) is 0 Å². The molecule has 0 spiro atoms. The van der Waals surface area contributed by atoms with Gasteiger partial charge in [0, 0.05) is 5.92 Å². The molecule has 1 aliphatic rings. The lowest BCUT2D eigenvalue weighted by Crippen LogP contribution is -2.10. The van der Waals surface area contributed by atoms with Gasteiger partial charge < -0.3 is 4.74 Å². The Morgan fingerprint density at radius 3 is 2.62 bits per heavy atom. The third-order valence-corrected chi connectivity index (χ3v) is 2.69. The molecule has 0 aromatic heterocycles. The zero-order valence-electron chi connectivity index (χ0n) is 8.61. The van der Waals surface area contributed by atoms with Gasteiger partial charge in [-0.1, -0.05) is 30.3 Å². The smallest absolute Gasteiger partial charge is 0.309 e. The Bertz CT molecular complexity index is 365. The van der Waals surface area contributed by atoms with Crippen molar-refractivity contribution in [1.29, 1.82) is 0 Å². The maximum Gasteiger partial charge on any atom is 0.309 e. The summed E-state index contributed by atoms with van der Waals surface area (Å²) < 4.78 is 29.3. The van der Waals surface area contributed by atoms with E-state index in [4.69, 9.17) is 4.74 Å². The summed E-state index contributed by atoms with van der Waals surface area (Å²) in [4.78, 5) is 11.3. The second kappa shape index (κ2) is 4.60. The highest BCUT2D eigenvalue weighted by Gasteiger charge is 2.49. The molecule has 2 unspecified atom stereocenters. The van der Waals surface area contributed by atoms with Gasteiger partial charge in [0.15, 0.2) is 0 Å². The highest BCUT2D eigenvalue weighted by molar-refractivity contribution is 5.75. The lowest BCUT2D eigenvalue weighted by atomic mass is 10.2. The maximum absolute atomic E-state index is 12.2. The fraction of sp³-hybridized carbons (Fsp3) is 0.417. The monoisotopic (exact) mass is 226 g/mol. The Kier molecular flexibility index (Phi) is 3.17. The van der Waals surface area contributed by atoms with Crippen LogP contribution in [0, 0.1) is 11.8 Å². The lowest BCUT2D eigenvalue weighted by molar-refractivity contribution is -0.147. The highest BCUT2D eigenvalue weighted by atomic mass is 19.3. The van der Waals surface area contributed by atoms with Gasteiger partial charge in [0.2, 0.25) is 6.43 Å². The third kappa shape index (κ3) is 2.56. The van der Waals surface area contributed by atoms with Gasteiger partial charge in [0.05, 0.1) is 5.92 Å². The van der Waals surface area contributed by atoms with Crippen molar-refractivity contribution >= 4 is 5.97 Å². The normalized spacial score (nSPS) is 23.2.